The lowest BCUT2D eigenvalue weighted by Crippen LogP contribution is -2.12. The Morgan fingerprint density at radius 2 is 2.20 bits per heavy atom. The van der Waals surface area contributed by atoms with E-state index in [4.69, 9.17) is 4.74 Å². The molecule has 0 spiro atoms. The normalized spacial score (nSPS) is 9.90. The van der Waals surface area contributed by atoms with Crippen LogP contribution in [0.25, 0.3) is 0 Å². The van der Waals surface area contributed by atoms with Gasteiger partial charge in [-0.1, -0.05) is 0 Å². The first-order valence-electron chi connectivity index (χ1n) is 2.96. The number of hydrogen-bond donors (Lipinski definition) is 1. The van der Waals surface area contributed by atoms with Gasteiger partial charge in [0.05, 0.1) is 12.7 Å². The maximum atomic E-state index is 11.0. The molecule has 56 valence electrons. The van der Waals surface area contributed by atoms with Crippen LogP contribution >= 0.6 is 0 Å². The van der Waals surface area contributed by atoms with E-state index in [1.165, 1.54) is 11.8 Å². The van der Waals surface area contributed by atoms with Gasteiger partial charge in [-0.25, -0.2) is 0 Å². The molecule has 1 aromatic rings. The maximum absolute atomic E-state index is 11.0. The van der Waals surface area contributed by atoms with Crippen LogP contribution in [0.4, 0.5) is 0 Å². The van der Waals surface area contributed by atoms with Crippen molar-refractivity contribution >= 4 is 0 Å². The van der Waals surface area contributed by atoms with Crippen molar-refractivity contribution in [3.8, 4) is 5.88 Å². The number of nitrogens with zero attached hydrogens (tertiary/aromatic N) is 1. The summed E-state index contributed by atoms with van der Waals surface area (Å²) in [5.74, 6) is 0.535. The predicted octanol–water partition coefficient (Wildman–Crippen LogP) is 0.0304. The van der Waals surface area contributed by atoms with Crippen LogP contribution in [-0.2, 0) is 7.05 Å². The summed E-state index contributed by atoms with van der Waals surface area (Å²) in [6.07, 6.45) is 0. The van der Waals surface area contributed by atoms with E-state index in [2.05, 4.69) is 5.10 Å². The second kappa shape index (κ2) is 2.21. The zero-order chi connectivity index (χ0) is 7.72. The Hall–Kier alpha value is -1.19. The SMILES string of the molecule is COc1[nH]n(C)c(=O)c1C. The smallest absolute Gasteiger partial charge is 0.273 e. The second-order valence-corrected chi connectivity index (χ2v) is 2.13. The van der Waals surface area contributed by atoms with Crippen molar-refractivity contribution in [1.82, 2.24) is 9.78 Å². The van der Waals surface area contributed by atoms with Crippen LogP contribution in [-0.4, -0.2) is 16.9 Å². The average Bonchev–Trinajstić information content (AvgIpc) is 2.17. The highest BCUT2D eigenvalue weighted by atomic mass is 16.5. The Labute approximate surface area is 58.4 Å². The van der Waals surface area contributed by atoms with Gasteiger partial charge in [-0.15, -0.1) is 0 Å². The number of rotatable bonds is 1. The summed E-state index contributed by atoms with van der Waals surface area (Å²) in [5.41, 5.74) is 0.571. The van der Waals surface area contributed by atoms with Crippen molar-refractivity contribution in [3.05, 3.63) is 15.9 Å². The lowest BCUT2D eigenvalue weighted by molar-refractivity contribution is 0.389. The molecule has 1 aromatic heterocycles. The lowest BCUT2D eigenvalue weighted by atomic mass is 10.4. The predicted molar refractivity (Wildman–Crippen MR) is 37.3 cm³/mol. The van der Waals surface area contributed by atoms with Crippen LogP contribution < -0.4 is 10.3 Å². The molecule has 0 saturated heterocycles. The number of hydrogen-bond acceptors (Lipinski definition) is 2. The van der Waals surface area contributed by atoms with Crippen LogP contribution in [0.15, 0.2) is 4.79 Å². The van der Waals surface area contributed by atoms with E-state index in [-0.39, 0.29) is 5.56 Å². The Kier molecular flexibility index (Phi) is 1.53. The zero-order valence-corrected chi connectivity index (χ0v) is 6.26. The van der Waals surface area contributed by atoms with Gasteiger partial charge in [0.25, 0.3) is 5.56 Å². The summed E-state index contributed by atoms with van der Waals surface area (Å²) >= 11 is 0. The van der Waals surface area contributed by atoms with Gasteiger partial charge < -0.3 is 4.74 Å². The monoisotopic (exact) mass is 142 g/mol. The third-order valence-corrected chi connectivity index (χ3v) is 1.44. The fraction of sp³-hybridized carbons (Fsp3) is 0.500. The van der Waals surface area contributed by atoms with Crippen molar-refractivity contribution in [3.63, 3.8) is 0 Å². The van der Waals surface area contributed by atoms with E-state index in [9.17, 15) is 4.79 Å². The third-order valence-electron chi connectivity index (χ3n) is 1.44. The summed E-state index contributed by atoms with van der Waals surface area (Å²) in [4.78, 5) is 11.0. The zero-order valence-electron chi connectivity index (χ0n) is 6.26. The topological polar surface area (TPSA) is 47.0 Å². The van der Waals surface area contributed by atoms with Gasteiger partial charge in [0, 0.05) is 7.05 Å². The molecule has 0 amide bonds. The molecule has 0 aliphatic heterocycles. The average molecular weight is 142 g/mol. The minimum absolute atomic E-state index is 0.0446. The number of nitrogens with one attached hydrogen (secondary N) is 1. The maximum Gasteiger partial charge on any atom is 0.273 e. The number of aryl methyl sites for hydroxylation is 1. The minimum atomic E-state index is -0.0446. The van der Waals surface area contributed by atoms with Crippen LogP contribution in [0.1, 0.15) is 5.56 Å². The summed E-state index contributed by atoms with van der Waals surface area (Å²) in [7, 11) is 3.18. The number of H-pyrrole nitrogens is 1. The minimum Gasteiger partial charge on any atom is -0.481 e. The molecule has 10 heavy (non-hydrogen) atoms. The first kappa shape index (κ1) is 6.92. The molecule has 0 unspecified atom stereocenters. The van der Waals surface area contributed by atoms with Gasteiger partial charge in [0.1, 0.15) is 0 Å². The number of aromatic nitrogens is 2. The van der Waals surface area contributed by atoms with Gasteiger partial charge in [-0.2, -0.15) is 0 Å². The summed E-state index contributed by atoms with van der Waals surface area (Å²) < 4.78 is 6.25. The molecule has 0 aromatic carbocycles. The summed E-state index contributed by atoms with van der Waals surface area (Å²) in [6.45, 7) is 1.72. The summed E-state index contributed by atoms with van der Waals surface area (Å²) in [5, 5.41) is 2.74. The fourth-order valence-electron chi connectivity index (χ4n) is 0.834. The first-order valence-corrected chi connectivity index (χ1v) is 2.96. The third kappa shape index (κ3) is 0.814. The van der Waals surface area contributed by atoms with Gasteiger partial charge in [0.2, 0.25) is 5.88 Å². The van der Waals surface area contributed by atoms with Crippen molar-refractivity contribution in [2.45, 2.75) is 6.92 Å². The molecular weight excluding hydrogens is 132 g/mol. The highest BCUT2D eigenvalue weighted by Crippen LogP contribution is 2.06. The van der Waals surface area contributed by atoms with E-state index in [0.717, 1.165) is 0 Å². The second-order valence-electron chi connectivity index (χ2n) is 2.13. The molecule has 0 aliphatic carbocycles. The molecule has 0 bridgehead atoms. The molecule has 0 fully saturated rings. The summed E-state index contributed by atoms with van der Waals surface area (Å²) in [6, 6.07) is 0. The van der Waals surface area contributed by atoms with Crippen molar-refractivity contribution in [2.24, 2.45) is 7.05 Å². The first-order chi connectivity index (χ1) is 4.66. The van der Waals surface area contributed by atoms with E-state index >= 15 is 0 Å². The van der Waals surface area contributed by atoms with Crippen molar-refractivity contribution in [1.29, 1.82) is 0 Å². The number of methoxy groups -OCH3 is 1. The molecule has 4 heteroatoms. The molecule has 0 radical (unpaired) electrons. The fourth-order valence-corrected chi connectivity index (χ4v) is 0.834. The van der Waals surface area contributed by atoms with E-state index in [1.807, 2.05) is 0 Å². The molecule has 0 aliphatic rings. The number of ether oxygens (including phenoxy) is 1. The van der Waals surface area contributed by atoms with E-state index in [1.54, 1.807) is 14.0 Å². The Balaban J connectivity index is 3.31. The van der Waals surface area contributed by atoms with E-state index < -0.39 is 0 Å². The molecule has 1 heterocycles. The standard InChI is InChI=1S/C6H10N2O2/c1-4-5(10-3)7-8(2)6(4)9/h7H,1-3H3. The quantitative estimate of drug-likeness (QED) is 0.601. The molecule has 1 rings (SSSR count). The highest BCUT2D eigenvalue weighted by Gasteiger charge is 2.05. The van der Waals surface area contributed by atoms with Gasteiger partial charge in [0.15, 0.2) is 0 Å². The van der Waals surface area contributed by atoms with Crippen molar-refractivity contribution in [2.75, 3.05) is 7.11 Å². The van der Waals surface area contributed by atoms with Crippen LogP contribution in [0.2, 0.25) is 0 Å². The van der Waals surface area contributed by atoms with Crippen LogP contribution in [0.3, 0.4) is 0 Å². The Bertz CT molecular complexity index is 284. The molecular formula is C6H10N2O2. The highest BCUT2D eigenvalue weighted by molar-refractivity contribution is 5.20. The molecule has 1 N–H and O–H groups in total. The van der Waals surface area contributed by atoms with Gasteiger partial charge >= 0.3 is 0 Å². The number of aromatic amines is 1. The van der Waals surface area contributed by atoms with Crippen LogP contribution in [0, 0.1) is 6.92 Å². The van der Waals surface area contributed by atoms with E-state index in [0.29, 0.717) is 11.4 Å². The molecule has 0 saturated carbocycles. The van der Waals surface area contributed by atoms with Crippen LogP contribution in [0.5, 0.6) is 5.88 Å². The molecule has 0 atom stereocenters. The molecule has 4 nitrogen and oxygen atoms in total. The Morgan fingerprint density at radius 3 is 2.40 bits per heavy atom. The lowest BCUT2D eigenvalue weighted by Gasteiger charge is -1.92. The van der Waals surface area contributed by atoms with Gasteiger partial charge in [-0.05, 0) is 6.92 Å². The van der Waals surface area contributed by atoms with Crippen molar-refractivity contribution < 1.29 is 4.74 Å². The largest absolute Gasteiger partial charge is 0.481 e. The Morgan fingerprint density at radius 1 is 1.60 bits per heavy atom. The van der Waals surface area contributed by atoms with Gasteiger partial charge in [-0.3, -0.25) is 14.6 Å².